The lowest BCUT2D eigenvalue weighted by molar-refractivity contribution is -0.144. The Balaban J connectivity index is 2.08. The molecule has 1 aromatic rings. The lowest BCUT2D eigenvalue weighted by atomic mass is 10.1. The Morgan fingerprint density at radius 3 is 2.48 bits per heavy atom. The van der Waals surface area contributed by atoms with E-state index in [1.807, 2.05) is 43.4 Å². The minimum Gasteiger partial charge on any atom is -0.461 e. The number of ether oxygens (including phenoxy) is 1. The predicted octanol–water partition coefficient (Wildman–Crippen LogP) is 3.47. The average molecular weight is 338 g/mol. The molecule has 23 heavy (non-hydrogen) atoms. The molecule has 0 aliphatic carbocycles. The molecule has 1 rings (SSSR count). The molecule has 1 aromatic carbocycles. The van der Waals surface area contributed by atoms with Crippen LogP contribution < -0.4 is 5.32 Å². The van der Waals surface area contributed by atoms with Gasteiger partial charge in [-0.3, -0.25) is 4.79 Å². The highest BCUT2D eigenvalue weighted by molar-refractivity contribution is 6.72. The number of hydrogen-bond acceptors (Lipinski definition) is 4. The van der Waals surface area contributed by atoms with Gasteiger partial charge in [0.1, 0.15) is 6.61 Å². The molecular weight excluding hydrogens is 306 g/mol. The van der Waals surface area contributed by atoms with E-state index in [-0.39, 0.29) is 11.0 Å². The lowest BCUT2D eigenvalue weighted by Gasteiger charge is -2.35. The maximum absolute atomic E-state index is 11.7. The van der Waals surface area contributed by atoms with Gasteiger partial charge in [-0.2, -0.15) is 0 Å². The third-order valence-electron chi connectivity index (χ3n) is 4.56. The summed E-state index contributed by atoms with van der Waals surface area (Å²) in [5.74, 6) is -0.175. The first kappa shape index (κ1) is 19.9. The number of rotatable bonds is 10. The maximum atomic E-state index is 11.7. The van der Waals surface area contributed by atoms with Crippen molar-refractivity contribution >= 4 is 14.3 Å². The van der Waals surface area contributed by atoms with Gasteiger partial charge in [-0.05, 0) is 43.1 Å². The normalized spacial score (nSPS) is 12.2. The van der Waals surface area contributed by atoms with E-state index < -0.39 is 8.32 Å². The smallest absolute Gasteiger partial charge is 0.307 e. The van der Waals surface area contributed by atoms with Crippen LogP contribution in [0.4, 0.5) is 0 Å². The summed E-state index contributed by atoms with van der Waals surface area (Å²) in [4.78, 5) is 21.9. The molecule has 0 saturated heterocycles. The Bertz CT molecular complexity index is 469. The summed E-state index contributed by atoms with van der Waals surface area (Å²) in [5.41, 5.74) is 1.01. The summed E-state index contributed by atoms with van der Waals surface area (Å²) in [6.07, 6.45) is 2.38. The number of carbonyl (C=O) groups excluding carboxylic acids is 1. The van der Waals surface area contributed by atoms with E-state index in [4.69, 9.17) is 4.74 Å². The molecule has 130 valence electrons. The quantitative estimate of drug-likeness (QED) is 0.390. The molecule has 0 atom stereocenters. The van der Waals surface area contributed by atoms with Crippen molar-refractivity contribution in [3.05, 3.63) is 35.9 Å². The zero-order valence-electron chi connectivity index (χ0n) is 14.9. The third-order valence-corrected chi connectivity index (χ3v) is 8.12. The van der Waals surface area contributed by atoms with Crippen LogP contribution in [0.3, 0.4) is 0 Å². The van der Waals surface area contributed by atoms with Crippen LogP contribution in [0, 0.1) is 0 Å². The SMILES string of the molecule is CC(C)(CCCNCCC(=O)OCc1ccccc1)[Si](C)(C)O. The van der Waals surface area contributed by atoms with Crippen molar-refractivity contribution < 1.29 is 14.3 Å². The van der Waals surface area contributed by atoms with Gasteiger partial charge in [-0.15, -0.1) is 0 Å². The molecule has 0 aromatic heterocycles. The van der Waals surface area contributed by atoms with E-state index in [9.17, 15) is 9.59 Å². The number of benzene rings is 1. The van der Waals surface area contributed by atoms with Crippen LogP contribution in [0.25, 0.3) is 0 Å². The number of esters is 1. The van der Waals surface area contributed by atoms with Gasteiger partial charge < -0.3 is 14.8 Å². The monoisotopic (exact) mass is 337 g/mol. The van der Waals surface area contributed by atoms with Crippen molar-refractivity contribution in [1.29, 1.82) is 0 Å². The van der Waals surface area contributed by atoms with Gasteiger partial charge in [0.25, 0.3) is 0 Å². The van der Waals surface area contributed by atoms with Gasteiger partial charge in [-0.25, -0.2) is 0 Å². The standard InChI is InChI=1S/C18H31NO3Si/c1-18(2,23(3,4)21)12-8-13-19-14-11-17(20)22-15-16-9-6-5-7-10-16/h5-7,9-10,19,21H,8,11-15H2,1-4H3. The summed E-state index contributed by atoms with van der Waals surface area (Å²) in [6.45, 7) is 10.1. The fraction of sp³-hybridized carbons (Fsp3) is 0.611. The molecule has 2 N–H and O–H groups in total. The van der Waals surface area contributed by atoms with Crippen LogP contribution in [0.5, 0.6) is 0 Å². The van der Waals surface area contributed by atoms with Gasteiger partial charge >= 0.3 is 5.97 Å². The Kier molecular flexibility index (Phi) is 7.95. The number of carbonyl (C=O) groups is 1. The second-order valence-electron chi connectivity index (χ2n) is 7.19. The molecule has 0 saturated carbocycles. The van der Waals surface area contributed by atoms with Crippen LogP contribution in [0.1, 0.15) is 38.7 Å². The fourth-order valence-corrected chi connectivity index (χ4v) is 2.88. The van der Waals surface area contributed by atoms with Crippen molar-refractivity contribution in [3.8, 4) is 0 Å². The van der Waals surface area contributed by atoms with Crippen LogP contribution in [-0.2, 0) is 16.1 Å². The second kappa shape index (κ2) is 9.20. The highest BCUT2D eigenvalue weighted by atomic mass is 28.4. The van der Waals surface area contributed by atoms with Crippen molar-refractivity contribution in [3.63, 3.8) is 0 Å². The molecule has 0 heterocycles. The zero-order chi connectivity index (χ0) is 17.3. The zero-order valence-corrected chi connectivity index (χ0v) is 15.9. The fourth-order valence-electron chi connectivity index (χ4n) is 2.09. The molecule has 0 unspecified atom stereocenters. The van der Waals surface area contributed by atoms with Crippen LogP contribution in [0.15, 0.2) is 30.3 Å². The third kappa shape index (κ3) is 7.77. The Hall–Kier alpha value is -1.17. The summed E-state index contributed by atoms with van der Waals surface area (Å²) in [6, 6.07) is 9.70. The van der Waals surface area contributed by atoms with Gasteiger partial charge in [0.05, 0.1) is 6.42 Å². The van der Waals surface area contributed by atoms with E-state index in [1.165, 1.54) is 0 Å². The molecule has 0 bridgehead atoms. The van der Waals surface area contributed by atoms with Crippen molar-refractivity contribution in [2.75, 3.05) is 13.1 Å². The van der Waals surface area contributed by atoms with Gasteiger partial charge in [0.2, 0.25) is 0 Å². The number of hydrogen-bond donors (Lipinski definition) is 2. The molecule has 5 heteroatoms. The molecular formula is C18H31NO3Si. The van der Waals surface area contributed by atoms with Crippen molar-refractivity contribution in [2.45, 2.75) is 57.8 Å². The average Bonchev–Trinajstić information content (AvgIpc) is 2.48. The van der Waals surface area contributed by atoms with Crippen LogP contribution in [0.2, 0.25) is 18.1 Å². The predicted molar refractivity (Wildman–Crippen MR) is 96.7 cm³/mol. The molecule has 4 nitrogen and oxygen atoms in total. The topological polar surface area (TPSA) is 58.6 Å². The molecule has 0 aliphatic heterocycles. The van der Waals surface area contributed by atoms with E-state index in [0.29, 0.717) is 19.6 Å². The molecule has 0 fully saturated rings. The van der Waals surface area contributed by atoms with Crippen LogP contribution in [-0.4, -0.2) is 32.2 Å². The minimum atomic E-state index is -2.12. The van der Waals surface area contributed by atoms with Gasteiger partial charge in [-0.1, -0.05) is 44.2 Å². The van der Waals surface area contributed by atoms with E-state index in [1.54, 1.807) is 0 Å². The first-order chi connectivity index (χ1) is 10.7. The second-order valence-corrected chi connectivity index (χ2v) is 11.7. The minimum absolute atomic E-state index is 0.0172. The van der Waals surface area contributed by atoms with Crippen molar-refractivity contribution in [2.24, 2.45) is 0 Å². The van der Waals surface area contributed by atoms with Crippen LogP contribution >= 0.6 is 0 Å². The highest BCUT2D eigenvalue weighted by Gasteiger charge is 2.37. The van der Waals surface area contributed by atoms with E-state index in [0.717, 1.165) is 24.9 Å². The lowest BCUT2D eigenvalue weighted by Crippen LogP contribution is -2.39. The molecule has 0 amide bonds. The van der Waals surface area contributed by atoms with Gasteiger partial charge in [0.15, 0.2) is 8.32 Å². The maximum Gasteiger partial charge on any atom is 0.307 e. The Morgan fingerprint density at radius 2 is 1.87 bits per heavy atom. The largest absolute Gasteiger partial charge is 0.461 e. The molecule has 0 spiro atoms. The summed E-state index contributed by atoms with van der Waals surface area (Å²) in [7, 11) is -2.12. The van der Waals surface area contributed by atoms with E-state index >= 15 is 0 Å². The number of nitrogens with one attached hydrogen (secondary N) is 1. The van der Waals surface area contributed by atoms with E-state index in [2.05, 4.69) is 19.2 Å². The molecule has 0 aliphatic rings. The first-order valence-electron chi connectivity index (χ1n) is 8.35. The summed E-state index contributed by atoms with van der Waals surface area (Å²) >= 11 is 0. The summed E-state index contributed by atoms with van der Waals surface area (Å²) < 4.78 is 5.23. The Labute approximate surface area is 141 Å². The molecule has 0 radical (unpaired) electrons. The highest BCUT2D eigenvalue weighted by Crippen LogP contribution is 2.39. The summed E-state index contributed by atoms with van der Waals surface area (Å²) in [5, 5.41) is 3.29. The Morgan fingerprint density at radius 1 is 1.22 bits per heavy atom. The van der Waals surface area contributed by atoms with Gasteiger partial charge in [0, 0.05) is 6.54 Å². The van der Waals surface area contributed by atoms with Crippen molar-refractivity contribution in [1.82, 2.24) is 5.32 Å². The first-order valence-corrected chi connectivity index (χ1v) is 11.3.